The van der Waals surface area contributed by atoms with Gasteiger partial charge in [-0.2, -0.15) is 0 Å². The smallest absolute Gasteiger partial charge is 0.308 e. The average molecular weight is 380 g/mol. The van der Waals surface area contributed by atoms with Crippen LogP contribution in [0.15, 0.2) is 42.5 Å². The van der Waals surface area contributed by atoms with Crippen LogP contribution >= 0.6 is 23.2 Å². The predicted molar refractivity (Wildman–Crippen MR) is 98.4 cm³/mol. The Bertz CT molecular complexity index is 834. The van der Waals surface area contributed by atoms with E-state index in [1.165, 1.54) is 20.1 Å². The van der Waals surface area contributed by atoms with E-state index in [9.17, 15) is 9.59 Å². The lowest BCUT2D eigenvalue weighted by molar-refractivity contribution is -0.132. The Kier molecular flexibility index (Phi) is 6.44. The first-order valence-electron chi connectivity index (χ1n) is 7.20. The van der Waals surface area contributed by atoms with Crippen molar-refractivity contribution in [3.8, 4) is 11.5 Å². The molecule has 0 spiro atoms. The zero-order valence-electron chi connectivity index (χ0n) is 13.5. The molecule has 2 aromatic carbocycles. The fourth-order valence-electron chi connectivity index (χ4n) is 1.98. The molecule has 0 aromatic heterocycles. The third kappa shape index (κ3) is 5.24. The highest BCUT2D eigenvalue weighted by Gasteiger charge is 2.08. The molecule has 2 rings (SSSR count). The van der Waals surface area contributed by atoms with Crippen LogP contribution in [0.3, 0.4) is 0 Å². The maximum Gasteiger partial charge on any atom is 0.308 e. The van der Waals surface area contributed by atoms with Gasteiger partial charge in [-0.25, -0.2) is 0 Å². The third-order valence-corrected chi connectivity index (χ3v) is 3.90. The van der Waals surface area contributed by atoms with Crippen LogP contribution in [-0.4, -0.2) is 19.0 Å². The summed E-state index contributed by atoms with van der Waals surface area (Å²) in [5.74, 6) is -0.153. The lowest BCUT2D eigenvalue weighted by Crippen LogP contribution is -2.08. The molecule has 130 valence electrons. The second kappa shape index (κ2) is 8.55. The summed E-state index contributed by atoms with van der Waals surface area (Å²) in [5.41, 5.74) is 1.07. The zero-order chi connectivity index (χ0) is 18.4. The van der Waals surface area contributed by atoms with E-state index >= 15 is 0 Å². The molecule has 0 heterocycles. The Morgan fingerprint density at radius 1 is 1.12 bits per heavy atom. The summed E-state index contributed by atoms with van der Waals surface area (Å²) in [5, 5.41) is 3.26. The molecule has 0 aliphatic carbocycles. The topological polar surface area (TPSA) is 64.6 Å². The molecule has 7 heteroatoms. The fourth-order valence-corrected chi connectivity index (χ4v) is 2.33. The van der Waals surface area contributed by atoms with Crippen LogP contribution in [0.25, 0.3) is 6.08 Å². The van der Waals surface area contributed by atoms with Crippen LogP contribution in [0.1, 0.15) is 12.5 Å². The summed E-state index contributed by atoms with van der Waals surface area (Å²) >= 11 is 11.9. The van der Waals surface area contributed by atoms with E-state index in [2.05, 4.69) is 5.32 Å². The van der Waals surface area contributed by atoms with Crippen LogP contribution < -0.4 is 14.8 Å². The van der Waals surface area contributed by atoms with Crippen molar-refractivity contribution >= 4 is 46.8 Å². The Hall–Kier alpha value is -2.50. The van der Waals surface area contributed by atoms with Gasteiger partial charge in [-0.3, -0.25) is 9.59 Å². The number of carbonyl (C=O) groups is 2. The minimum Gasteiger partial charge on any atom is -0.493 e. The van der Waals surface area contributed by atoms with Gasteiger partial charge in [0.2, 0.25) is 5.91 Å². The first-order chi connectivity index (χ1) is 11.9. The molecular weight excluding hydrogens is 365 g/mol. The Labute approximate surface area is 155 Å². The number of hydrogen-bond acceptors (Lipinski definition) is 4. The van der Waals surface area contributed by atoms with Gasteiger partial charge < -0.3 is 14.8 Å². The summed E-state index contributed by atoms with van der Waals surface area (Å²) in [6, 6.07) is 9.92. The number of rotatable bonds is 5. The molecule has 0 aliphatic heterocycles. The van der Waals surface area contributed by atoms with Crippen molar-refractivity contribution in [1.82, 2.24) is 0 Å². The molecule has 0 atom stereocenters. The van der Waals surface area contributed by atoms with Crippen molar-refractivity contribution in [2.24, 2.45) is 0 Å². The van der Waals surface area contributed by atoms with E-state index in [0.717, 1.165) is 0 Å². The molecule has 0 saturated carbocycles. The molecule has 1 amide bonds. The normalized spacial score (nSPS) is 10.6. The summed E-state index contributed by atoms with van der Waals surface area (Å²) < 4.78 is 10.2. The fraction of sp³-hybridized carbons (Fsp3) is 0.111. The number of benzene rings is 2. The van der Waals surface area contributed by atoms with Crippen molar-refractivity contribution in [3.05, 3.63) is 58.1 Å². The lowest BCUT2D eigenvalue weighted by Gasteiger charge is -2.08. The number of methoxy groups -OCH3 is 1. The Morgan fingerprint density at radius 3 is 2.56 bits per heavy atom. The monoisotopic (exact) mass is 379 g/mol. The first-order valence-corrected chi connectivity index (χ1v) is 7.96. The van der Waals surface area contributed by atoms with Gasteiger partial charge in [0.15, 0.2) is 11.5 Å². The van der Waals surface area contributed by atoms with Crippen molar-refractivity contribution in [3.63, 3.8) is 0 Å². The number of ether oxygens (including phenoxy) is 2. The van der Waals surface area contributed by atoms with Crippen LogP contribution in [0.5, 0.6) is 11.5 Å². The van der Waals surface area contributed by atoms with Gasteiger partial charge >= 0.3 is 5.97 Å². The SMILES string of the molecule is COc1ccc(/C=C/C(=O)Nc2cccc(Cl)c2Cl)cc1OC(C)=O. The van der Waals surface area contributed by atoms with Gasteiger partial charge in [0.25, 0.3) is 0 Å². The van der Waals surface area contributed by atoms with Crippen molar-refractivity contribution in [2.75, 3.05) is 12.4 Å². The van der Waals surface area contributed by atoms with Crippen molar-refractivity contribution in [1.29, 1.82) is 0 Å². The number of esters is 1. The van der Waals surface area contributed by atoms with Gasteiger partial charge in [0, 0.05) is 13.0 Å². The number of hydrogen-bond donors (Lipinski definition) is 1. The summed E-state index contributed by atoms with van der Waals surface area (Å²) in [6.07, 6.45) is 2.90. The summed E-state index contributed by atoms with van der Waals surface area (Å²) in [6.45, 7) is 1.30. The molecule has 0 fully saturated rings. The third-order valence-electron chi connectivity index (χ3n) is 3.08. The van der Waals surface area contributed by atoms with Gasteiger partial charge in [-0.1, -0.05) is 35.3 Å². The van der Waals surface area contributed by atoms with E-state index in [0.29, 0.717) is 22.0 Å². The molecule has 0 bridgehead atoms. The average Bonchev–Trinajstić information content (AvgIpc) is 2.57. The van der Waals surface area contributed by atoms with Crippen LogP contribution in [0, 0.1) is 0 Å². The number of amides is 1. The molecule has 0 radical (unpaired) electrons. The van der Waals surface area contributed by atoms with E-state index in [4.69, 9.17) is 32.7 Å². The number of carbonyl (C=O) groups excluding carboxylic acids is 2. The largest absolute Gasteiger partial charge is 0.493 e. The molecule has 1 N–H and O–H groups in total. The quantitative estimate of drug-likeness (QED) is 0.469. The predicted octanol–water partition coefficient (Wildman–Crippen LogP) is 4.58. The molecule has 25 heavy (non-hydrogen) atoms. The Morgan fingerprint density at radius 2 is 1.88 bits per heavy atom. The van der Waals surface area contributed by atoms with Gasteiger partial charge in [-0.05, 0) is 35.9 Å². The van der Waals surface area contributed by atoms with Gasteiger partial charge in [0.05, 0.1) is 22.8 Å². The standard InChI is InChI=1S/C18H15Cl2NO4/c1-11(22)25-16-10-12(6-8-15(16)24-2)7-9-17(23)21-14-5-3-4-13(19)18(14)20/h3-10H,1-2H3,(H,21,23)/b9-7+. The maximum absolute atomic E-state index is 12.0. The van der Waals surface area contributed by atoms with Gasteiger partial charge in [0.1, 0.15) is 0 Å². The minimum atomic E-state index is -0.465. The highest BCUT2D eigenvalue weighted by atomic mass is 35.5. The lowest BCUT2D eigenvalue weighted by atomic mass is 10.2. The second-order valence-electron chi connectivity index (χ2n) is 4.93. The molecule has 5 nitrogen and oxygen atoms in total. The van der Waals surface area contributed by atoms with E-state index in [-0.39, 0.29) is 16.7 Å². The number of anilines is 1. The van der Waals surface area contributed by atoms with E-state index in [1.807, 2.05) is 0 Å². The van der Waals surface area contributed by atoms with Crippen molar-refractivity contribution in [2.45, 2.75) is 6.92 Å². The molecular formula is C18H15Cl2NO4. The second-order valence-corrected chi connectivity index (χ2v) is 5.71. The first kappa shape index (κ1) is 18.8. The van der Waals surface area contributed by atoms with E-state index < -0.39 is 5.97 Å². The molecule has 0 saturated heterocycles. The highest BCUT2D eigenvalue weighted by molar-refractivity contribution is 6.44. The van der Waals surface area contributed by atoms with Crippen molar-refractivity contribution < 1.29 is 19.1 Å². The van der Waals surface area contributed by atoms with E-state index in [1.54, 1.807) is 42.5 Å². The Balaban J connectivity index is 2.14. The van der Waals surface area contributed by atoms with Crippen LogP contribution in [0.2, 0.25) is 10.0 Å². The highest BCUT2D eigenvalue weighted by Crippen LogP contribution is 2.30. The number of nitrogens with one attached hydrogen (secondary N) is 1. The molecule has 0 aliphatic rings. The van der Waals surface area contributed by atoms with Crippen LogP contribution in [-0.2, 0) is 9.59 Å². The van der Waals surface area contributed by atoms with Gasteiger partial charge in [-0.15, -0.1) is 0 Å². The van der Waals surface area contributed by atoms with Crippen LogP contribution in [0.4, 0.5) is 5.69 Å². The molecule has 2 aromatic rings. The molecule has 0 unspecified atom stereocenters. The summed E-state index contributed by atoms with van der Waals surface area (Å²) in [4.78, 5) is 23.2. The minimum absolute atomic E-state index is 0.271. The summed E-state index contributed by atoms with van der Waals surface area (Å²) in [7, 11) is 1.47. The zero-order valence-corrected chi connectivity index (χ0v) is 15.0. The number of halogens is 2. The maximum atomic E-state index is 12.0.